The Balaban J connectivity index is 2.48. The Morgan fingerprint density at radius 1 is 1.29 bits per heavy atom. The minimum Gasteiger partial charge on any atom is -0.465 e. The Morgan fingerprint density at radius 2 is 2.05 bits per heavy atom. The summed E-state index contributed by atoms with van der Waals surface area (Å²) in [6, 6.07) is 12.5. The highest BCUT2D eigenvalue weighted by atomic mass is 16.5. The fraction of sp³-hybridized carbons (Fsp3) is 0.125. The summed E-state index contributed by atoms with van der Waals surface area (Å²) in [5.41, 5.74) is 9.05. The van der Waals surface area contributed by atoms with E-state index in [4.69, 9.17) is 10.5 Å². The SMILES string of the molecule is COC(=O)c1cc(N)ccc1Nc1cccc(C)c1C#N. The van der Waals surface area contributed by atoms with Gasteiger partial charge in [-0.1, -0.05) is 12.1 Å². The highest BCUT2D eigenvalue weighted by molar-refractivity contribution is 5.97. The molecule has 0 saturated heterocycles. The van der Waals surface area contributed by atoms with E-state index in [0.717, 1.165) is 5.56 Å². The van der Waals surface area contributed by atoms with Gasteiger partial charge in [-0.05, 0) is 36.8 Å². The van der Waals surface area contributed by atoms with Crippen molar-refractivity contribution in [1.29, 1.82) is 5.26 Å². The van der Waals surface area contributed by atoms with Gasteiger partial charge >= 0.3 is 5.97 Å². The molecule has 0 aliphatic carbocycles. The zero-order valence-electron chi connectivity index (χ0n) is 11.8. The lowest BCUT2D eigenvalue weighted by Crippen LogP contribution is -2.07. The van der Waals surface area contributed by atoms with E-state index in [-0.39, 0.29) is 0 Å². The topological polar surface area (TPSA) is 88.1 Å². The van der Waals surface area contributed by atoms with Gasteiger partial charge in [0.15, 0.2) is 0 Å². The predicted molar refractivity (Wildman–Crippen MR) is 81.4 cm³/mol. The van der Waals surface area contributed by atoms with Crippen LogP contribution in [0.3, 0.4) is 0 Å². The Bertz CT molecular complexity index is 733. The number of nitrogen functional groups attached to an aromatic ring is 1. The molecule has 0 atom stereocenters. The molecule has 0 amide bonds. The van der Waals surface area contributed by atoms with E-state index in [1.54, 1.807) is 18.2 Å². The van der Waals surface area contributed by atoms with Crippen LogP contribution in [0.2, 0.25) is 0 Å². The Morgan fingerprint density at radius 3 is 2.71 bits per heavy atom. The molecular formula is C16H15N3O2. The lowest BCUT2D eigenvalue weighted by atomic mass is 10.1. The fourth-order valence-corrected chi connectivity index (χ4v) is 2.02. The van der Waals surface area contributed by atoms with Gasteiger partial charge in [0, 0.05) is 5.69 Å². The number of nitrogens with zero attached hydrogens (tertiary/aromatic N) is 1. The van der Waals surface area contributed by atoms with Crippen LogP contribution in [0.25, 0.3) is 0 Å². The standard InChI is InChI=1S/C16H15N3O2/c1-10-4-3-5-14(13(10)9-17)19-15-7-6-11(18)8-12(15)16(20)21-2/h3-8,19H,18H2,1-2H3. The first-order valence-electron chi connectivity index (χ1n) is 6.31. The van der Waals surface area contributed by atoms with E-state index >= 15 is 0 Å². The summed E-state index contributed by atoms with van der Waals surface area (Å²) in [4.78, 5) is 11.8. The maximum atomic E-state index is 11.8. The van der Waals surface area contributed by atoms with Crippen molar-refractivity contribution in [1.82, 2.24) is 0 Å². The van der Waals surface area contributed by atoms with Crippen molar-refractivity contribution < 1.29 is 9.53 Å². The molecule has 0 aromatic heterocycles. The van der Waals surface area contributed by atoms with E-state index in [1.165, 1.54) is 13.2 Å². The molecule has 0 spiro atoms. The number of nitriles is 1. The summed E-state index contributed by atoms with van der Waals surface area (Å²) in [7, 11) is 1.31. The number of aryl methyl sites for hydroxylation is 1. The summed E-state index contributed by atoms with van der Waals surface area (Å²) in [5.74, 6) is -0.490. The fourth-order valence-electron chi connectivity index (χ4n) is 2.02. The number of nitrogens with one attached hydrogen (secondary N) is 1. The molecule has 2 rings (SSSR count). The van der Waals surface area contributed by atoms with Gasteiger partial charge in [0.1, 0.15) is 6.07 Å². The first kappa shape index (κ1) is 14.4. The molecule has 0 aliphatic rings. The Hall–Kier alpha value is -3.00. The van der Waals surface area contributed by atoms with Crippen molar-refractivity contribution in [2.45, 2.75) is 6.92 Å². The largest absolute Gasteiger partial charge is 0.465 e. The highest BCUT2D eigenvalue weighted by Gasteiger charge is 2.14. The number of ether oxygens (including phenoxy) is 1. The third kappa shape index (κ3) is 2.95. The lowest BCUT2D eigenvalue weighted by Gasteiger charge is -2.13. The Kier molecular flexibility index (Phi) is 4.10. The molecule has 106 valence electrons. The number of nitrogens with two attached hydrogens (primary N) is 1. The minimum absolute atomic E-state index is 0.322. The second-order valence-corrected chi connectivity index (χ2v) is 4.53. The van der Waals surface area contributed by atoms with Crippen LogP contribution in [0.4, 0.5) is 17.1 Å². The average Bonchev–Trinajstić information content (AvgIpc) is 2.48. The van der Waals surface area contributed by atoms with Crippen LogP contribution in [0.1, 0.15) is 21.5 Å². The van der Waals surface area contributed by atoms with Gasteiger partial charge in [-0.15, -0.1) is 0 Å². The van der Waals surface area contributed by atoms with Gasteiger partial charge in [0.2, 0.25) is 0 Å². The summed E-state index contributed by atoms with van der Waals surface area (Å²) in [6.07, 6.45) is 0. The molecule has 21 heavy (non-hydrogen) atoms. The molecule has 0 bridgehead atoms. The zero-order valence-corrected chi connectivity index (χ0v) is 11.8. The molecule has 2 aromatic carbocycles. The molecule has 0 aliphatic heterocycles. The second kappa shape index (κ2) is 5.97. The summed E-state index contributed by atoms with van der Waals surface area (Å²) in [6.45, 7) is 1.86. The second-order valence-electron chi connectivity index (χ2n) is 4.53. The van der Waals surface area contributed by atoms with Crippen LogP contribution >= 0.6 is 0 Å². The quantitative estimate of drug-likeness (QED) is 0.667. The molecule has 5 nitrogen and oxygen atoms in total. The van der Waals surface area contributed by atoms with Crippen LogP contribution < -0.4 is 11.1 Å². The molecule has 5 heteroatoms. The number of rotatable bonds is 3. The molecule has 0 saturated carbocycles. The van der Waals surface area contributed by atoms with Crippen LogP contribution in [0.5, 0.6) is 0 Å². The van der Waals surface area contributed by atoms with Gasteiger partial charge in [-0.25, -0.2) is 4.79 Å². The molecular weight excluding hydrogens is 266 g/mol. The Labute approximate surface area is 123 Å². The van der Waals surface area contributed by atoms with Crippen molar-refractivity contribution in [2.24, 2.45) is 0 Å². The third-order valence-electron chi connectivity index (χ3n) is 3.10. The molecule has 0 fully saturated rings. The van der Waals surface area contributed by atoms with E-state index < -0.39 is 5.97 Å². The van der Waals surface area contributed by atoms with Gasteiger partial charge in [-0.3, -0.25) is 0 Å². The van der Waals surface area contributed by atoms with Crippen molar-refractivity contribution in [2.75, 3.05) is 18.2 Å². The van der Waals surface area contributed by atoms with Crippen molar-refractivity contribution in [3.63, 3.8) is 0 Å². The van der Waals surface area contributed by atoms with E-state index in [0.29, 0.717) is 28.2 Å². The number of esters is 1. The molecule has 3 N–H and O–H groups in total. The first-order valence-corrected chi connectivity index (χ1v) is 6.31. The molecule has 0 heterocycles. The monoisotopic (exact) mass is 281 g/mol. The highest BCUT2D eigenvalue weighted by Crippen LogP contribution is 2.27. The molecule has 0 radical (unpaired) electrons. The first-order chi connectivity index (χ1) is 10.1. The van der Waals surface area contributed by atoms with Crippen LogP contribution in [0, 0.1) is 18.3 Å². The maximum Gasteiger partial charge on any atom is 0.340 e. The number of carbonyl (C=O) groups is 1. The summed E-state index contributed by atoms with van der Waals surface area (Å²) >= 11 is 0. The molecule has 0 unspecified atom stereocenters. The number of methoxy groups -OCH3 is 1. The van der Waals surface area contributed by atoms with Gasteiger partial charge in [0.25, 0.3) is 0 Å². The smallest absolute Gasteiger partial charge is 0.340 e. The van der Waals surface area contributed by atoms with Crippen molar-refractivity contribution in [3.8, 4) is 6.07 Å². The van der Waals surface area contributed by atoms with E-state index in [1.807, 2.05) is 19.1 Å². The summed E-state index contributed by atoms with van der Waals surface area (Å²) in [5, 5.41) is 12.3. The van der Waals surface area contributed by atoms with Gasteiger partial charge in [0.05, 0.1) is 29.6 Å². The number of benzene rings is 2. The van der Waals surface area contributed by atoms with Crippen LogP contribution in [-0.2, 0) is 4.74 Å². The summed E-state index contributed by atoms with van der Waals surface area (Å²) < 4.78 is 4.75. The lowest BCUT2D eigenvalue weighted by molar-refractivity contribution is 0.0602. The van der Waals surface area contributed by atoms with Crippen molar-refractivity contribution in [3.05, 3.63) is 53.1 Å². The zero-order chi connectivity index (χ0) is 15.4. The van der Waals surface area contributed by atoms with Crippen LogP contribution in [0.15, 0.2) is 36.4 Å². The normalized spacial score (nSPS) is 9.76. The van der Waals surface area contributed by atoms with Crippen LogP contribution in [-0.4, -0.2) is 13.1 Å². The number of anilines is 3. The van der Waals surface area contributed by atoms with E-state index in [9.17, 15) is 10.1 Å². The average molecular weight is 281 g/mol. The van der Waals surface area contributed by atoms with Crippen molar-refractivity contribution >= 4 is 23.0 Å². The third-order valence-corrected chi connectivity index (χ3v) is 3.10. The maximum absolute atomic E-state index is 11.8. The number of carbonyl (C=O) groups excluding carboxylic acids is 1. The molecule has 2 aromatic rings. The minimum atomic E-state index is -0.490. The van der Waals surface area contributed by atoms with E-state index in [2.05, 4.69) is 11.4 Å². The number of hydrogen-bond acceptors (Lipinski definition) is 5. The van der Waals surface area contributed by atoms with Gasteiger partial charge in [-0.2, -0.15) is 5.26 Å². The number of hydrogen-bond donors (Lipinski definition) is 2. The van der Waals surface area contributed by atoms with Gasteiger partial charge < -0.3 is 15.8 Å². The predicted octanol–water partition coefficient (Wildman–Crippen LogP) is 2.98.